The molecule has 1 aromatic heterocycles. The molecule has 1 aromatic carbocycles. The number of thiophene rings is 1. The van der Waals surface area contributed by atoms with Crippen molar-refractivity contribution in [3.63, 3.8) is 0 Å². The van der Waals surface area contributed by atoms with Crippen LogP contribution in [0.15, 0.2) is 28.1 Å². The fourth-order valence-corrected chi connectivity index (χ4v) is 4.83. The van der Waals surface area contributed by atoms with Gasteiger partial charge in [0, 0.05) is 15.1 Å². The Hall–Kier alpha value is -0.910. The third-order valence-electron chi connectivity index (χ3n) is 4.19. The van der Waals surface area contributed by atoms with Crippen molar-refractivity contribution in [3.8, 4) is 0 Å². The molecule has 1 heterocycles. The number of aliphatic hydroxyl groups is 1. The fourth-order valence-electron chi connectivity index (χ4n) is 3.17. The van der Waals surface area contributed by atoms with Gasteiger partial charge < -0.3 is 10.2 Å². The van der Waals surface area contributed by atoms with Gasteiger partial charge in [-0.1, -0.05) is 18.6 Å². The SMILES string of the molecule is O=C(O)C1CCCC1C(O)c1csc2c(Br)cccc12. The van der Waals surface area contributed by atoms with Crippen LogP contribution in [0, 0.1) is 11.8 Å². The molecule has 2 N–H and O–H groups in total. The van der Waals surface area contributed by atoms with Gasteiger partial charge in [0.25, 0.3) is 0 Å². The zero-order chi connectivity index (χ0) is 14.3. The van der Waals surface area contributed by atoms with Gasteiger partial charge in [0.05, 0.1) is 12.0 Å². The molecule has 3 rings (SSSR count). The molecule has 0 radical (unpaired) electrons. The second-order valence-corrected chi connectivity index (χ2v) is 7.03. The molecule has 0 aliphatic heterocycles. The molecule has 3 unspecified atom stereocenters. The number of fused-ring (bicyclic) bond motifs is 1. The van der Waals surface area contributed by atoms with Crippen LogP contribution in [-0.2, 0) is 4.79 Å². The molecule has 0 spiro atoms. The summed E-state index contributed by atoms with van der Waals surface area (Å²) in [5.74, 6) is -1.39. The van der Waals surface area contributed by atoms with Crippen LogP contribution >= 0.6 is 27.3 Å². The minimum atomic E-state index is -0.785. The number of halogens is 1. The van der Waals surface area contributed by atoms with E-state index >= 15 is 0 Å². The van der Waals surface area contributed by atoms with Crippen molar-refractivity contribution in [2.24, 2.45) is 11.8 Å². The molecule has 1 saturated carbocycles. The van der Waals surface area contributed by atoms with E-state index in [4.69, 9.17) is 0 Å². The van der Waals surface area contributed by atoms with Gasteiger partial charge in [-0.3, -0.25) is 4.79 Å². The van der Waals surface area contributed by atoms with Gasteiger partial charge in [-0.2, -0.15) is 0 Å². The van der Waals surface area contributed by atoms with Crippen molar-refractivity contribution in [2.45, 2.75) is 25.4 Å². The summed E-state index contributed by atoms with van der Waals surface area (Å²) in [4.78, 5) is 11.3. The summed E-state index contributed by atoms with van der Waals surface area (Å²) in [6.07, 6.45) is 1.64. The first-order valence-electron chi connectivity index (χ1n) is 6.66. The molecule has 3 atom stereocenters. The molecule has 2 aromatic rings. The van der Waals surface area contributed by atoms with Gasteiger partial charge in [-0.15, -0.1) is 11.3 Å². The van der Waals surface area contributed by atoms with Gasteiger partial charge in [-0.25, -0.2) is 0 Å². The third kappa shape index (κ3) is 2.28. The molecule has 1 aliphatic rings. The molecule has 5 heteroatoms. The van der Waals surface area contributed by atoms with E-state index < -0.39 is 18.0 Å². The van der Waals surface area contributed by atoms with Crippen LogP contribution in [0.1, 0.15) is 30.9 Å². The zero-order valence-electron chi connectivity index (χ0n) is 10.8. The Balaban J connectivity index is 1.98. The molecule has 106 valence electrons. The van der Waals surface area contributed by atoms with Crippen molar-refractivity contribution in [2.75, 3.05) is 0 Å². The van der Waals surface area contributed by atoms with E-state index in [2.05, 4.69) is 15.9 Å². The highest BCUT2D eigenvalue weighted by molar-refractivity contribution is 9.10. The first-order chi connectivity index (χ1) is 9.59. The van der Waals surface area contributed by atoms with E-state index in [0.29, 0.717) is 6.42 Å². The average Bonchev–Trinajstić information content (AvgIpc) is 3.05. The molecular weight excluding hydrogens is 340 g/mol. The predicted octanol–water partition coefficient (Wildman–Crippen LogP) is 4.20. The van der Waals surface area contributed by atoms with Gasteiger partial charge in [0.15, 0.2) is 0 Å². The van der Waals surface area contributed by atoms with E-state index in [1.807, 2.05) is 23.6 Å². The maximum atomic E-state index is 11.3. The Morgan fingerprint density at radius 2 is 2.20 bits per heavy atom. The molecule has 1 aliphatic carbocycles. The molecule has 1 fully saturated rings. The van der Waals surface area contributed by atoms with Crippen molar-refractivity contribution in [1.82, 2.24) is 0 Å². The summed E-state index contributed by atoms with van der Waals surface area (Å²) in [5, 5.41) is 22.9. The maximum absolute atomic E-state index is 11.3. The minimum Gasteiger partial charge on any atom is -0.481 e. The van der Waals surface area contributed by atoms with Crippen LogP contribution in [0.25, 0.3) is 10.1 Å². The van der Waals surface area contributed by atoms with Crippen molar-refractivity contribution >= 4 is 43.3 Å². The Morgan fingerprint density at radius 3 is 2.95 bits per heavy atom. The summed E-state index contributed by atoms with van der Waals surface area (Å²) < 4.78 is 2.12. The topological polar surface area (TPSA) is 57.5 Å². The maximum Gasteiger partial charge on any atom is 0.306 e. The van der Waals surface area contributed by atoms with E-state index in [1.54, 1.807) is 11.3 Å². The first-order valence-corrected chi connectivity index (χ1v) is 8.33. The second kappa shape index (κ2) is 5.47. The normalized spacial score (nSPS) is 24.1. The smallest absolute Gasteiger partial charge is 0.306 e. The molecule has 20 heavy (non-hydrogen) atoms. The predicted molar refractivity (Wildman–Crippen MR) is 83.0 cm³/mol. The number of aliphatic hydroxyl groups excluding tert-OH is 1. The van der Waals surface area contributed by atoms with E-state index in [-0.39, 0.29) is 5.92 Å². The van der Waals surface area contributed by atoms with Crippen molar-refractivity contribution in [1.29, 1.82) is 0 Å². The van der Waals surface area contributed by atoms with Crippen LogP contribution < -0.4 is 0 Å². The van der Waals surface area contributed by atoms with Gasteiger partial charge in [-0.05, 0) is 51.2 Å². The number of benzene rings is 1. The number of hydrogen-bond donors (Lipinski definition) is 2. The fraction of sp³-hybridized carbons (Fsp3) is 0.400. The molecule has 0 amide bonds. The lowest BCUT2D eigenvalue weighted by molar-refractivity contribution is -0.144. The van der Waals surface area contributed by atoms with Crippen LogP contribution in [0.3, 0.4) is 0 Å². The number of rotatable bonds is 3. The highest BCUT2D eigenvalue weighted by atomic mass is 79.9. The highest BCUT2D eigenvalue weighted by Gasteiger charge is 2.38. The highest BCUT2D eigenvalue weighted by Crippen LogP contribution is 2.44. The first kappa shape index (κ1) is 14.0. The van der Waals surface area contributed by atoms with Crippen molar-refractivity contribution < 1.29 is 15.0 Å². The Labute approximate surface area is 129 Å². The quantitative estimate of drug-likeness (QED) is 0.868. The summed E-state index contributed by atoms with van der Waals surface area (Å²) in [7, 11) is 0. The lowest BCUT2D eigenvalue weighted by Gasteiger charge is -2.22. The Kier molecular flexibility index (Phi) is 3.84. The van der Waals surface area contributed by atoms with Gasteiger partial charge >= 0.3 is 5.97 Å². The Bertz CT molecular complexity index is 652. The minimum absolute atomic E-state index is 0.177. The van der Waals surface area contributed by atoms with Gasteiger partial charge in [0.2, 0.25) is 0 Å². The largest absolute Gasteiger partial charge is 0.481 e. The number of carboxylic acid groups (broad SMARTS) is 1. The monoisotopic (exact) mass is 354 g/mol. The number of aliphatic carboxylic acids is 1. The van der Waals surface area contributed by atoms with Crippen LogP contribution in [0.2, 0.25) is 0 Å². The average molecular weight is 355 g/mol. The summed E-state index contributed by atoms with van der Waals surface area (Å²) in [6, 6.07) is 5.91. The summed E-state index contributed by atoms with van der Waals surface area (Å²) in [5.41, 5.74) is 0.865. The lowest BCUT2D eigenvalue weighted by Crippen LogP contribution is -2.23. The van der Waals surface area contributed by atoms with Crippen LogP contribution in [0.5, 0.6) is 0 Å². The zero-order valence-corrected chi connectivity index (χ0v) is 13.2. The molecule has 0 saturated heterocycles. The van der Waals surface area contributed by atoms with Crippen LogP contribution in [0.4, 0.5) is 0 Å². The van der Waals surface area contributed by atoms with Gasteiger partial charge in [0.1, 0.15) is 0 Å². The number of carboxylic acids is 1. The van der Waals surface area contributed by atoms with Crippen LogP contribution in [-0.4, -0.2) is 16.2 Å². The second-order valence-electron chi connectivity index (χ2n) is 5.29. The van der Waals surface area contributed by atoms with Crippen molar-refractivity contribution in [3.05, 3.63) is 33.6 Å². The van der Waals surface area contributed by atoms with E-state index in [1.165, 1.54) is 0 Å². The molecule has 0 bridgehead atoms. The third-order valence-corrected chi connectivity index (χ3v) is 6.16. The standard InChI is InChI=1S/C15H15BrO3S/c16-12-6-2-4-9-11(7-20-14(9)12)13(17)8-3-1-5-10(8)15(18)19/h2,4,6-8,10,13,17H,1,3,5H2,(H,18,19). The molecule has 3 nitrogen and oxygen atoms in total. The summed E-state index contributed by atoms with van der Waals surface area (Å²) >= 11 is 5.10. The summed E-state index contributed by atoms with van der Waals surface area (Å²) in [6.45, 7) is 0. The lowest BCUT2D eigenvalue weighted by atomic mass is 9.87. The molecular formula is C15H15BrO3S. The van der Waals surface area contributed by atoms with E-state index in [0.717, 1.165) is 33.0 Å². The Morgan fingerprint density at radius 1 is 1.40 bits per heavy atom. The number of carbonyl (C=O) groups is 1. The number of hydrogen-bond acceptors (Lipinski definition) is 3. The van der Waals surface area contributed by atoms with E-state index in [9.17, 15) is 15.0 Å².